The van der Waals surface area contributed by atoms with Crippen molar-refractivity contribution in [3.8, 4) is 5.88 Å². The number of carbonyl (C=O) groups excluding carboxylic acids is 1. The van der Waals surface area contributed by atoms with Crippen LogP contribution in [-0.4, -0.2) is 35.1 Å². The second-order valence-electron chi connectivity index (χ2n) is 6.53. The zero-order valence-electron chi connectivity index (χ0n) is 15.1. The van der Waals surface area contributed by atoms with E-state index in [1.165, 1.54) is 6.07 Å². The second kappa shape index (κ2) is 8.47. The van der Waals surface area contributed by atoms with E-state index in [1.54, 1.807) is 17.0 Å². The van der Waals surface area contributed by atoms with Gasteiger partial charge in [0.2, 0.25) is 5.88 Å². The van der Waals surface area contributed by atoms with Gasteiger partial charge in [0.05, 0.1) is 6.54 Å². The number of halogens is 3. The zero-order chi connectivity index (χ0) is 20.1. The lowest BCUT2D eigenvalue weighted by molar-refractivity contribution is -0.141. The average Bonchev–Trinajstić information content (AvgIpc) is 2.68. The van der Waals surface area contributed by atoms with Crippen LogP contribution in [0, 0.1) is 0 Å². The molecule has 1 fully saturated rings. The molecule has 3 N–H and O–H groups in total. The summed E-state index contributed by atoms with van der Waals surface area (Å²) in [6, 6.07) is 11.1. The highest BCUT2D eigenvalue weighted by molar-refractivity contribution is 5.89. The first-order valence-electron chi connectivity index (χ1n) is 8.91. The number of carbonyl (C=O) groups is 1. The van der Waals surface area contributed by atoms with Crippen LogP contribution in [0.15, 0.2) is 42.5 Å². The maximum atomic E-state index is 13.0. The third kappa shape index (κ3) is 5.13. The molecule has 0 radical (unpaired) electrons. The Morgan fingerprint density at radius 2 is 2.04 bits per heavy atom. The molecule has 0 spiro atoms. The summed E-state index contributed by atoms with van der Waals surface area (Å²) in [5, 5.41) is 2.79. The predicted molar refractivity (Wildman–Crippen MR) is 97.8 cm³/mol. The number of urea groups is 1. The summed E-state index contributed by atoms with van der Waals surface area (Å²) in [6.45, 7) is 0.745. The lowest BCUT2D eigenvalue weighted by atomic mass is 10.1. The number of alkyl halides is 3. The number of nitrogens with one attached hydrogen (secondary N) is 1. The summed E-state index contributed by atoms with van der Waals surface area (Å²) in [7, 11) is 0. The molecule has 1 aromatic carbocycles. The summed E-state index contributed by atoms with van der Waals surface area (Å²) in [6.07, 6.45) is -3.74. The Morgan fingerprint density at radius 1 is 1.29 bits per heavy atom. The third-order valence-corrected chi connectivity index (χ3v) is 4.37. The van der Waals surface area contributed by atoms with Gasteiger partial charge in [-0.15, -0.1) is 0 Å². The highest BCUT2D eigenvalue weighted by Crippen LogP contribution is 2.30. The van der Waals surface area contributed by atoms with Gasteiger partial charge in [0, 0.05) is 24.8 Å². The number of nitrogens with two attached hydrogens (primary N) is 1. The molecule has 3 rings (SSSR count). The fourth-order valence-electron chi connectivity index (χ4n) is 3.00. The summed E-state index contributed by atoms with van der Waals surface area (Å²) in [4.78, 5) is 17.6. The Morgan fingerprint density at radius 3 is 2.71 bits per heavy atom. The lowest BCUT2D eigenvalue weighted by Gasteiger charge is -2.32. The molecule has 1 unspecified atom stereocenters. The first-order chi connectivity index (χ1) is 13.3. The second-order valence-corrected chi connectivity index (χ2v) is 6.53. The number of ether oxygens (including phenoxy) is 1. The quantitative estimate of drug-likeness (QED) is 0.830. The first kappa shape index (κ1) is 19.9. The van der Waals surface area contributed by atoms with Gasteiger partial charge in [-0.2, -0.15) is 13.2 Å². The Bertz CT molecular complexity index is 815. The monoisotopic (exact) mass is 394 g/mol. The van der Waals surface area contributed by atoms with Crippen molar-refractivity contribution in [2.45, 2.75) is 31.7 Å². The molecule has 0 aliphatic carbocycles. The molecule has 9 heteroatoms. The van der Waals surface area contributed by atoms with E-state index in [2.05, 4.69) is 10.3 Å². The highest BCUT2D eigenvalue weighted by atomic mass is 19.4. The molecule has 1 aliphatic heterocycles. The van der Waals surface area contributed by atoms with Crippen LogP contribution in [0.2, 0.25) is 0 Å². The summed E-state index contributed by atoms with van der Waals surface area (Å²) < 4.78 is 44.7. The number of benzene rings is 1. The van der Waals surface area contributed by atoms with Crippen molar-refractivity contribution in [3.63, 3.8) is 0 Å². The van der Waals surface area contributed by atoms with E-state index in [4.69, 9.17) is 10.5 Å². The fourth-order valence-corrected chi connectivity index (χ4v) is 3.00. The Balaban J connectivity index is 1.67. The normalized spacial score (nSPS) is 17.3. The van der Waals surface area contributed by atoms with Crippen LogP contribution in [0.5, 0.6) is 5.88 Å². The number of para-hydroxylation sites is 1. The van der Waals surface area contributed by atoms with Crippen LogP contribution in [0.25, 0.3) is 0 Å². The van der Waals surface area contributed by atoms with Crippen LogP contribution in [0.4, 0.5) is 23.7 Å². The van der Waals surface area contributed by atoms with E-state index in [0.29, 0.717) is 25.1 Å². The number of piperidine rings is 1. The van der Waals surface area contributed by atoms with Gasteiger partial charge in [-0.25, -0.2) is 9.78 Å². The minimum atomic E-state index is -4.59. The van der Waals surface area contributed by atoms with E-state index >= 15 is 0 Å². The van der Waals surface area contributed by atoms with Gasteiger partial charge in [-0.1, -0.05) is 18.2 Å². The minimum absolute atomic E-state index is 0.0573. The van der Waals surface area contributed by atoms with Gasteiger partial charge in [-0.05, 0) is 36.6 Å². The summed E-state index contributed by atoms with van der Waals surface area (Å²) in [5.74, 6) is -0.134. The van der Waals surface area contributed by atoms with Crippen LogP contribution >= 0.6 is 0 Å². The van der Waals surface area contributed by atoms with Gasteiger partial charge < -0.3 is 20.7 Å². The topological polar surface area (TPSA) is 80.5 Å². The minimum Gasteiger partial charge on any atom is -0.472 e. The van der Waals surface area contributed by atoms with Crippen molar-refractivity contribution < 1.29 is 22.7 Å². The molecular formula is C19H21F3N4O2. The van der Waals surface area contributed by atoms with E-state index < -0.39 is 18.0 Å². The van der Waals surface area contributed by atoms with Crippen molar-refractivity contribution >= 4 is 11.7 Å². The predicted octanol–water partition coefficient (Wildman–Crippen LogP) is 3.63. The number of pyridine rings is 1. The number of hydrogen-bond donors (Lipinski definition) is 2. The molecule has 0 bridgehead atoms. The molecule has 2 amide bonds. The van der Waals surface area contributed by atoms with Crippen molar-refractivity contribution in [2.24, 2.45) is 5.73 Å². The molecular weight excluding hydrogens is 373 g/mol. The first-order valence-corrected chi connectivity index (χ1v) is 8.91. The van der Waals surface area contributed by atoms with Crippen molar-refractivity contribution in [1.82, 2.24) is 9.88 Å². The van der Waals surface area contributed by atoms with Crippen molar-refractivity contribution in [1.29, 1.82) is 0 Å². The van der Waals surface area contributed by atoms with E-state index in [1.807, 2.05) is 18.2 Å². The number of likely N-dealkylation sites (tertiary alicyclic amines) is 1. The number of rotatable bonds is 4. The molecule has 1 atom stereocenters. The third-order valence-electron chi connectivity index (χ3n) is 4.37. The number of anilines is 1. The van der Waals surface area contributed by atoms with Gasteiger partial charge in [0.1, 0.15) is 11.8 Å². The van der Waals surface area contributed by atoms with Crippen LogP contribution in [0.1, 0.15) is 24.1 Å². The molecule has 1 saturated heterocycles. The molecule has 1 aromatic heterocycles. The standard InChI is InChI=1S/C19H21F3N4O2/c20-19(21,22)16-9-13(11-23)10-17(25-16)28-15-7-4-8-26(12-15)18(27)24-14-5-2-1-3-6-14/h1-3,5-6,9-10,15H,4,7-8,11-12,23H2,(H,24,27). The SMILES string of the molecule is NCc1cc(OC2CCCN(C(=O)Nc3ccccc3)C2)nc(C(F)(F)F)c1. The molecule has 28 heavy (non-hydrogen) atoms. The molecule has 150 valence electrons. The number of nitrogens with zero attached hydrogens (tertiary/aromatic N) is 2. The van der Waals surface area contributed by atoms with Crippen LogP contribution < -0.4 is 15.8 Å². The Kier molecular flexibility index (Phi) is 6.03. The summed E-state index contributed by atoms with van der Waals surface area (Å²) >= 11 is 0. The molecule has 2 heterocycles. The Labute approximate surface area is 160 Å². The van der Waals surface area contributed by atoms with Gasteiger partial charge >= 0.3 is 12.2 Å². The number of amides is 2. The van der Waals surface area contributed by atoms with Crippen LogP contribution in [0.3, 0.4) is 0 Å². The largest absolute Gasteiger partial charge is 0.472 e. The van der Waals surface area contributed by atoms with Crippen molar-refractivity contribution in [2.75, 3.05) is 18.4 Å². The smallest absolute Gasteiger partial charge is 0.433 e. The highest BCUT2D eigenvalue weighted by Gasteiger charge is 2.34. The number of hydrogen-bond acceptors (Lipinski definition) is 4. The summed E-state index contributed by atoms with van der Waals surface area (Å²) in [5.41, 5.74) is 5.40. The van der Waals surface area contributed by atoms with E-state index in [-0.39, 0.29) is 30.6 Å². The number of aromatic nitrogens is 1. The molecule has 6 nitrogen and oxygen atoms in total. The van der Waals surface area contributed by atoms with E-state index in [0.717, 1.165) is 6.07 Å². The van der Waals surface area contributed by atoms with Gasteiger partial charge in [0.15, 0.2) is 0 Å². The molecule has 0 saturated carbocycles. The van der Waals surface area contributed by atoms with Crippen molar-refractivity contribution in [3.05, 3.63) is 53.7 Å². The maximum Gasteiger partial charge on any atom is 0.433 e. The van der Waals surface area contributed by atoms with Gasteiger partial charge in [-0.3, -0.25) is 0 Å². The molecule has 1 aliphatic rings. The van der Waals surface area contributed by atoms with Crippen LogP contribution in [-0.2, 0) is 12.7 Å². The Hall–Kier alpha value is -2.81. The lowest BCUT2D eigenvalue weighted by Crippen LogP contribution is -2.46. The fraction of sp³-hybridized carbons (Fsp3) is 0.368. The molecule has 2 aromatic rings. The van der Waals surface area contributed by atoms with E-state index in [9.17, 15) is 18.0 Å². The zero-order valence-corrected chi connectivity index (χ0v) is 15.1. The average molecular weight is 394 g/mol. The van der Waals surface area contributed by atoms with Gasteiger partial charge in [0.25, 0.3) is 0 Å². The maximum absolute atomic E-state index is 13.0.